The van der Waals surface area contributed by atoms with Gasteiger partial charge in [-0.05, 0) is 42.1 Å². The molecule has 4 aromatic rings. The third-order valence-corrected chi connectivity index (χ3v) is 5.81. The van der Waals surface area contributed by atoms with Crippen LogP contribution in [0.2, 0.25) is 0 Å². The smallest absolute Gasteiger partial charge is 0.275 e. The fraction of sp³-hybridized carbons (Fsp3) is 0.158. The summed E-state index contributed by atoms with van der Waals surface area (Å²) >= 11 is 2.79. The average molecular weight is 412 g/mol. The highest BCUT2D eigenvalue weighted by molar-refractivity contribution is 7.16. The molecule has 1 N–H and O–H groups in total. The molecule has 7 nitrogen and oxygen atoms in total. The number of ether oxygens (including phenoxy) is 1. The second-order valence-corrected chi connectivity index (χ2v) is 7.86. The van der Waals surface area contributed by atoms with Crippen molar-refractivity contribution in [2.24, 2.45) is 0 Å². The molecule has 1 aromatic carbocycles. The van der Waals surface area contributed by atoms with Crippen molar-refractivity contribution in [3.8, 4) is 5.75 Å². The predicted octanol–water partition coefficient (Wildman–Crippen LogP) is 3.61. The minimum Gasteiger partial charge on any atom is -0.487 e. The lowest BCUT2D eigenvalue weighted by molar-refractivity contribution is 0.103. The van der Waals surface area contributed by atoms with Crippen LogP contribution in [-0.2, 0) is 13.0 Å². The van der Waals surface area contributed by atoms with Gasteiger partial charge in [-0.15, -0.1) is 11.3 Å². The summed E-state index contributed by atoms with van der Waals surface area (Å²) in [7, 11) is 0. The quantitative estimate of drug-likeness (QED) is 0.523. The van der Waals surface area contributed by atoms with Crippen LogP contribution in [0.3, 0.4) is 0 Å². The summed E-state index contributed by atoms with van der Waals surface area (Å²) < 4.78 is 7.04. The zero-order valence-corrected chi connectivity index (χ0v) is 16.5. The number of fused-ring (bicyclic) bond motifs is 1. The zero-order chi connectivity index (χ0) is 19.5. The lowest BCUT2D eigenvalue weighted by Crippen LogP contribution is -2.16. The monoisotopic (exact) mass is 412 g/mol. The normalized spacial score (nSPS) is 10.9. The Morgan fingerprint density at radius 1 is 1.25 bits per heavy atom. The Balaban J connectivity index is 1.41. The van der Waals surface area contributed by atoms with Crippen molar-refractivity contribution in [3.05, 3.63) is 73.8 Å². The molecule has 28 heavy (non-hydrogen) atoms. The van der Waals surface area contributed by atoms with Gasteiger partial charge in [0.1, 0.15) is 17.4 Å². The van der Waals surface area contributed by atoms with Crippen molar-refractivity contribution in [2.75, 3.05) is 5.32 Å². The number of amides is 1. The van der Waals surface area contributed by atoms with Crippen molar-refractivity contribution in [1.82, 2.24) is 14.6 Å². The molecule has 0 saturated carbocycles. The van der Waals surface area contributed by atoms with Crippen LogP contribution in [0.25, 0.3) is 4.96 Å². The van der Waals surface area contributed by atoms with E-state index in [0.717, 1.165) is 11.4 Å². The minimum atomic E-state index is -0.216. The number of nitrogens with one attached hydrogen (secondary N) is 1. The summed E-state index contributed by atoms with van der Waals surface area (Å²) in [4.78, 5) is 29.9. The highest BCUT2D eigenvalue weighted by Crippen LogP contribution is 2.19. The molecule has 142 valence electrons. The van der Waals surface area contributed by atoms with E-state index in [-0.39, 0.29) is 18.1 Å². The van der Waals surface area contributed by atoms with E-state index in [1.165, 1.54) is 33.3 Å². The van der Waals surface area contributed by atoms with Crippen LogP contribution in [0, 0.1) is 0 Å². The standard InChI is InChI=1S/C19H16N4O3S2/c1-2-16-22-23-17(24)10-13(21-19(23)28-16)11-26-14-7-5-12(6-8-14)20-18(25)15-4-3-9-27-15/h3-10H,2,11H2,1H3,(H,20,25). The van der Waals surface area contributed by atoms with Crippen LogP contribution in [0.1, 0.15) is 27.3 Å². The van der Waals surface area contributed by atoms with Crippen LogP contribution in [-0.4, -0.2) is 20.5 Å². The number of benzene rings is 1. The van der Waals surface area contributed by atoms with Crippen LogP contribution in [0.4, 0.5) is 5.69 Å². The summed E-state index contributed by atoms with van der Waals surface area (Å²) in [6.45, 7) is 2.16. The first-order valence-electron chi connectivity index (χ1n) is 8.59. The highest BCUT2D eigenvalue weighted by Gasteiger charge is 2.09. The van der Waals surface area contributed by atoms with Crippen LogP contribution in [0.15, 0.2) is 52.6 Å². The topological polar surface area (TPSA) is 85.6 Å². The van der Waals surface area contributed by atoms with E-state index >= 15 is 0 Å². The average Bonchev–Trinajstić information content (AvgIpc) is 3.37. The number of rotatable bonds is 6. The molecule has 9 heteroatoms. The molecule has 0 unspecified atom stereocenters. The van der Waals surface area contributed by atoms with Gasteiger partial charge in [-0.3, -0.25) is 9.59 Å². The fourth-order valence-corrected chi connectivity index (χ4v) is 3.98. The SMILES string of the molecule is CCc1nn2c(=O)cc(COc3ccc(NC(=O)c4cccs4)cc3)nc2s1. The van der Waals surface area contributed by atoms with Gasteiger partial charge in [-0.2, -0.15) is 9.61 Å². The largest absolute Gasteiger partial charge is 0.487 e. The van der Waals surface area contributed by atoms with Gasteiger partial charge in [-0.25, -0.2) is 4.98 Å². The number of hydrogen-bond acceptors (Lipinski definition) is 7. The molecule has 0 spiro atoms. The number of aryl methyl sites for hydroxylation is 1. The minimum absolute atomic E-state index is 0.141. The molecule has 0 radical (unpaired) electrons. The molecule has 3 aromatic heterocycles. The number of carbonyl (C=O) groups excluding carboxylic acids is 1. The lowest BCUT2D eigenvalue weighted by atomic mass is 10.3. The molecule has 0 aliphatic carbocycles. The molecule has 0 aliphatic heterocycles. The summed E-state index contributed by atoms with van der Waals surface area (Å²) in [5, 5.41) is 9.79. The summed E-state index contributed by atoms with van der Waals surface area (Å²) in [5.41, 5.74) is 1.01. The van der Waals surface area contributed by atoms with Gasteiger partial charge in [0.05, 0.1) is 10.6 Å². The molecule has 0 atom stereocenters. The first-order chi connectivity index (χ1) is 13.6. The maximum Gasteiger partial charge on any atom is 0.275 e. The van der Waals surface area contributed by atoms with Crippen molar-refractivity contribution in [3.63, 3.8) is 0 Å². The van der Waals surface area contributed by atoms with Crippen molar-refractivity contribution in [2.45, 2.75) is 20.0 Å². The first kappa shape index (κ1) is 18.3. The zero-order valence-electron chi connectivity index (χ0n) is 14.9. The van der Waals surface area contributed by atoms with E-state index in [2.05, 4.69) is 15.4 Å². The maximum absolute atomic E-state index is 12.2. The van der Waals surface area contributed by atoms with Crippen LogP contribution in [0.5, 0.6) is 5.75 Å². The van der Waals surface area contributed by atoms with Gasteiger partial charge in [-0.1, -0.05) is 24.3 Å². The summed E-state index contributed by atoms with van der Waals surface area (Å²) in [6, 6.07) is 12.1. The third-order valence-electron chi connectivity index (χ3n) is 3.89. The third kappa shape index (κ3) is 3.95. The number of anilines is 1. The maximum atomic E-state index is 12.2. The highest BCUT2D eigenvalue weighted by atomic mass is 32.1. The van der Waals surface area contributed by atoms with E-state index in [4.69, 9.17) is 4.74 Å². The summed E-state index contributed by atoms with van der Waals surface area (Å²) in [6.07, 6.45) is 0.759. The lowest BCUT2D eigenvalue weighted by Gasteiger charge is -2.07. The fourth-order valence-electron chi connectivity index (χ4n) is 2.50. The molecule has 0 fully saturated rings. The molecule has 0 bridgehead atoms. The Morgan fingerprint density at radius 2 is 2.07 bits per heavy atom. The molecule has 3 heterocycles. The molecule has 1 amide bonds. The van der Waals surface area contributed by atoms with E-state index in [1.807, 2.05) is 18.4 Å². The van der Waals surface area contributed by atoms with Crippen LogP contribution >= 0.6 is 22.7 Å². The number of aromatic nitrogens is 3. The predicted molar refractivity (Wildman–Crippen MR) is 110 cm³/mol. The Morgan fingerprint density at radius 3 is 2.79 bits per heavy atom. The van der Waals surface area contributed by atoms with Gasteiger partial charge in [0.2, 0.25) is 4.96 Å². The van der Waals surface area contributed by atoms with E-state index < -0.39 is 0 Å². The molecule has 0 saturated heterocycles. The number of thiophene rings is 1. The number of nitrogens with zero attached hydrogens (tertiary/aromatic N) is 3. The van der Waals surface area contributed by atoms with Gasteiger partial charge in [0.25, 0.3) is 11.5 Å². The van der Waals surface area contributed by atoms with Gasteiger partial charge in [0, 0.05) is 11.8 Å². The Hall–Kier alpha value is -3.04. The van der Waals surface area contributed by atoms with Crippen molar-refractivity contribution in [1.29, 1.82) is 0 Å². The molecule has 0 aliphatic rings. The van der Waals surface area contributed by atoms with Gasteiger partial charge < -0.3 is 10.1 Å². The Bertz CT molecular complexity index is 1160. The van der Waals surface area contributed by atoms with E-state index in [1.54, 1.807) is 30.3 Å². The Labute approximate surface area is 168 Å². The van der Waals surface area contributed by atoms with Crippen molar-refractivity contribution >= 4 is 39.2 Å². The van der Waals surface area contributed by atoms with Crippen LogP contribution < -0.4 is 15.6 Å². The molecule has 4 rings (SSSR count). The number of carbonyl (C=O) groups is 1. The Kier molecular flexibility index (Phi) is 5.18. The molecular formula is C19H16N4O3S2. The van der Waals surface area contributed by atoms with Crippen molar-refractivity contribution < 1.29 is 9.53 Å². The second-order valence-electron chi connectivity index (χ2n) is 5.87. The molecular weight excluding hydrogens is 396 g/mol. The number of hydrogen-bond donors (Lipinski definition) is 1. The van der Waals surface area contributed by atoms with Gasteiger partial charge >= 0.3 is 0 Å². The second kappa shape index (κ2) is 7.91. The summed E-state index contributed by atoms with van der Waals surface area (Å²) in [5.74, 6) is 0.479. The van der Waals surface area contributed by atoms with E-state index in [0.29, 0.717) is 27.0 Å². The van der Waals surface area contributed by atoms with Gasteiger partial charge in [0.15, 0.2) is 0 Å². The van der Waals surface area contributed by atoms with E-state index in [9.17, 15) is 9.59 Å². The first-order valence-corrected chi connectivity index (χ1v) is 10.3.